The summed E-state index contributed by atoms with van der Waals surface area (Å²) in [5.41, 5.74) is -0.967. The molecule has 0 aromatic heterocycles. The van der Waals surface area contributed by atoms with Crippen molar-refractivity contribution in [2.24, 2.45) is 5.41 Å². The third-order valence-corrected chi connectivity index (χ3v) is 2.98. The van der Waals surface area contributed by atoms with Gasteiger partial charge in [-0.2, -0.15) is 13.2 Å². The van der Waals surface area contributed by atoms with Crippen LogP contribution >= 0.6 is 15.9 Å². The minimum atomic E-state index is -4.46. The van der Waals surface area contributed by atoms with Crippen LogP contribution in [0, 0.1) is 5.41 Å². The molecule has 0 aliphatic carbocycles. The van der Waals surface area contributed by atoms with Gasteiger partial charge in [-0.1, -0.05) is 42.8 Å². The topological polar surface area (TPSA) is 17.1 Å². The van der Waals surface area contributed by atoms with Gasteiger partial charge in [0.2, 0.25) is 0 Å². The van der Waals surface area contributed by atoms with Crippen LogP contribution in [0.25, 0.3) is 0 Å². The minimum Gasteiger partial charge on any atom is -0.294 e. The van der Waals surface area contributed by atoms with Crippen LogP contribution in [0.3, 0.4) is 0 Å². The molecule has 0 saturated carbocycles. The van der Waals surface area contributed by atoms with Crippen molar-refractivity contribution < 1.29 is 18.0 Å². The van der Waals surface area contributed by atoms with Crippen LogP contribution in [-0.2, 0) is 6.18 Å². The lowest BCUT2D eigenvalue weighted by Crippen LogP contribution is -2.14. The molecule has 0 fully saturated rings. The molecule has 0 spiro atoms. The normalized spacial score (nSPS) is 12.6. The van der Waals surface area contributed by atoms with E-state index >= 15 is 0 Å². The van der Waals surface area contributed by atoms with Crippen molar-refractivity contribution in [2.75, 3.05) is 0 Å². The van der Waals surface area contributed by atoms with Crippen LogP contribution in [-0.4, -0.2) is 5.78 Å². The molecule has 1 aromatic rings. The molecule has 1 aromatic carbocycles. The molecule has 0 unspecified atom stereocenters. The lowest BCUT2D eigenvalue weighted by molar-refractivity contribution is -0.138. The van der Waals surface area contributed by atoms with Crippen molar-refractivity contribution in [3.63, 3.8) is 0 Å². The number of alkyl halides is 3. The maximum atomic E-state index is 12.7. The van der Waals surface area contributed by atoms with E-state index in [-0.39, 0.29) is 27.7 Å². The lowest BCUT2D eigenvalue weighted by Gasteiger charge is -2.17. The Morgan fingerprint density at radius 2 is 1.78 bits per heavy atom. The zero-order valence-corrected chi connectivity index (χ0v) is 11.9. The van der Waals surface area contributed by atoms with Gasteiger partial charge in [0.15, 0.2) is 5.78 Å². The molecular formula is C13H14BrF3O. The van der Waals surface area contributed by atoms with Crippen molar-refractivity contribution in [3.05, 3.63) is 33.8 Å². The number of rotatable bonds is 2. The summed E-state index contributed by atoms with van der Waals surface area (Å²) >= 11 is 2.85. The summed E-state index contributed by atoms with van der Waals surface area (Å²) < 4.78 is 38.0. The van der Waals surface area contributed by atoms with E-state index in [0.29, 0.717) is 0 Å². The molecule has 0 aliphatic rings. The largest absolute Gasteiger partial charge is 0.417 e. The predicted molar refractivity (Wildman–Crippen MR) is 67.5 cm³/mol. The first-order valence-electron chi connectivity index (χ1n) is 5.41. The third kappa shape index (κ3) is 4.12. The maximum absolute atomic E-state index is 12.7. The van der Waals surface area contributed by atoms with E-state index in [1.165, 1.54) is 12.1 Å². The van der Waals surface area contributed by atoms with Crippen LogP contribution < -0.4 is 0 Å². The summed E-state index contributed by atoms with van der Waals surface area (Å²) in [5, 5.41) is 0. The van der Waals surface area contributed by atoms with E-state index in [9.17, 15) is 18.0 Å². The van der Waals surface area contributed by atoms with Gasteiger partial charge in [0, 0.05) is 16.5 Å². The lowest BCUT2D eigenvalue weighted by atomic mass is 9.87. The van der Waals surface area contributed by atoms with Gasteiger partial charge in [-0.3, -0.25) is 4.79 Å². The van der Waals surface area contributed by atoms with Crippen molar-refractivity contribution >= 4 is 21.7 Å². The summed E-state index contributed by atoms with van der Waals surface area (Å²) in [6.45, 7) is 5.61. The second-order valence-electron chi connectivity index (χ2n) is 5.35. The van der Waals surface area contributed by atoms with Crippen LogP contribution in [0.15, 0.2) is 22.7 Å². The van der Waals surface area contributed by atoms with Gasteiger partial charge in [0.1, 0.15) is 0 Å². The van der Waals surface area contributed by atoms with E-state index in [0.717, 1.165) is 6.07 Å². The van der Waals surface area contributed by atoms with Crippen molar-refractivity contribution in [3.8, 4) is 0 Å². The average molecular weight is 323 g/mol. The number of hydrogen-bond acceptors (Lipinski definition) is 1. The Bertz CT molecular complexity index is 458. The fourth-order valence-electron chi connectivity index (χ4n) is 1.50. The molecule has 18 heavy (non-hydrogen) atoms. The van der Waals surface area contributed by atoms with Crippen molar-refractivity contribution in [1.29, 1.82) is 0 Å². The maximum Gasteiger partial charge on any atom is 0.417 e. The zero-order valence-electron chi connectivity index (χ0n) is 10.4. The first kappa shape index (κ1) is 15.2. The van der Waals surface area contributed by atoms with Crippen molar-refractivity contribution in [1.82, 2.24) is 0 Å². The van der Waals surface area contributed by atoms with E-state index < -0.39 is 11.7 Å². The number of carbonyl (C=O) groups is 1. The number of benzene rings is 1. The number of ketones is 1. The molecule has 1 nitrogen and oxygen atoms in total. The molecule has 0 heterocycles. The van der Waals surface area contributed by atoms with E-state index in [2.05, 4.69) is 15.9 Å². The first-order valence-corrected chi connectivity index (χ1v) is 6.20. The second-order valence-corrected chi connectivity index (χ2v) is 6.21. The van der Waals surface area contributed by atoms with Gasteiger partial charge in [-0.15, -0.1) is 0 Å². The van der Waals surface area contributed by atoms with E-state index in [1.807, 2.05) is 20.8 Å². The van der Waals surface area contributed by atoms with Gasteiger partial charge in [-0.25, -0.2) is 0 Å². The molecule has 5 heteroatoms. The zero-order chi connectivity index (χ0) is 14.1. The van der Waals surface area contributed by atoms with Crippen molar-refractivity contribution in [2.45, 2.75) is 33.4 Å². The van der Waals surface area contributed by atoms with Gasteiger partial charge in [0.05, 0.1) is 5.56 Å². The highest BCUT2D eigenvalue weighted by atomic mass is 79.9. The molecule has 0 atom stereocenters. The third-order valence-electron chi connectivity index (χ3n) is 2.28. The Morgan fingerprint density at radius 3 is 2.22 bits per heavy atom. The Balaban J connectivity index is 3.10. The molecule has 0 amide bonds. The second kappa shape index (κ2) is 5.03. The summed E-state index contributed by atoms with van der Waals surface area (Å²) in [4.78, 5) is 11.9. The van der Waals surface area contributed by atoms with Gasteiger partial charge < -0.3 is 0 Å². The van der Waals surface area contributed by atoms with E-state index in [1.54, 1.807) is 0 Å². The fraction of sp³-hybridized carbons (Fsp3) is 0.462. The first-order chi connectivity index (χ1) is 8.00. The minimum absolute atomic E-state index is 0.0534. The Kier molecular flexibility index (Phi) is 4.26. The van der Waals surface area contributed by atoms with Gasteiger partial charge >= 0.3 is 6.18 Å². The smallest absolute Gasteiger partial charge is 0.294 e. The molecule has 0 aliphatic heterocycles. The summed E-state index contributed by atoms with van der Waals surface area (Å²) in [5.74, 6) is -0.277. The monoisotopic (exact) mass is 322 g/mol. The summed E-state index contributed by atoms with van der Waals surface area (Å²) in [6, 6.07) is 3.57. The Morgan fingerprint density at radius 1 is 1.22 bits per heavy atom. The Labute approximate surface area is 113 Å². The molecule has 100 valence electrons. The van der Waals surface area contributed by atoms with Gasteiger partial charge in [0.25, 0.3) is 0 Å². The fourth-order valence-corrected chi connectivity index (χ4v) is 1.97. The highest BCUT2D eigenvalue weighted by Crippen LogP contribution is 2.35. The standard InChI is InChI=1S/C13H14BrF3O/c1-12(2,3)7-11(18)8-4-5-10(14)9(6-8)13(15,16)17/h4-6H,7H2,1-3H3. The summed E-state index contributed by atoms with van der Waals surface area (Å²) in [6.07, 6.45) is -4.25. The molecule has 0 saturated heterocycles. The number of halogens is 4. The molecular weight excluding hydrogens is 309 g/mol. The predicted octanol–water partition coefficient (Wildman–Crippen LogP) is 5.09. The average Bonchev–Trinajstić information content (AvgIpc) is 2.13. The molecule has 0 N–H and O–H groups in total. The highest BCUT2D eigenvalue weighted by molar-refractivity contribution is 9.10. The molecule has 1 rings (SSSR count). The number of hydrogen-bond donors (Lipinski definition) is 0. The molecule has 0 bridgehead atoms. The SMILES string of the molecule is CC(C)(C)CC(=O)c1ccc(Br)c(C(F)(F)F)c1. The highest BCUT2D eigenvalue weighted by Gasteiger charge is 2.33. The van der Waals surface area contributed by atoms with Crippen LogP contribution in [0.2, 0.25) is 0 Å². The molecule has 0 radical (unpaired) electrons. The summed E-state index contributed by atoms with van der Waals surface area (Å²) in [7, 11) is 0. The van der Waals surface area contributed by atoms with Crippen LogP contribution in [0.1, 0.15) is 43.1 Å². The quantitative estimate of drug-likeness (QED) is 0.693. The van der Waals surface area contributed by atoms with Gasteiger partial charge in [-0.05, 0) is 17.5 Å². The number of carbonyl (C=O) groups excluding carboxylic acids is 1. The van der Waals surface area contributed by atoms with E-state index in [4.69, 9.17) is 0 Å². The Hall–Kier alpha value is -0.840. The number of Topliss-reactive ketones (excluding diaryl/α,β-unsaturated/α-hetero) is 1. The van der Waals surface area contributed by atoms with Crippen LogP contribution in [0.4, 0.5) is 13.2 Å². The van der Waals surface area contributed by atoms with Crippen LogP contribution in [0.5, 0.6) is 0 Å².